The van der Waals surface area contributed by atoms with E-state index in [1.54, 1.807) is 4.90 Å². The highest BCUT2D eigenvalue weighted by Gasteiger charge is 2.27. The number of hydrogen-bond acceptors (Lipinski definition) is 2. The van der Waals surface area contributed by atoms with Gasteiger partial charge >= 0.3 is 6.03 Å². The Hall–Kier alpha value is -0.840. The number of piperidine rings is 1. The van der Waals surface area contributed by atoms with Gasteiger partial charge in [-0.2, -0.15) is 0 Å². The quantitative estimate of drug-likeness (QED) is 0.614. The van der Waals surface area contributed by atoms with Gasteiger partial charge in [-0.05, 0) is 19.9 Å². The van der Waals surface area contributed by atoms with Crippen LogP contribution in [0.1, 0.15) is 12.8 Å². The Balaban J connectivity index is 1.83. The van der Waals surface area contributed by atoms with Crippen LogP contribution in [0.2, 0.25) is 0 Å². The molecule has 2 rings (SSSR count). The van der Waals surface area contributed by atoms with Crippen molar-refractivity contribution in [3.8, 4) is 0 Å². The molecule has 0 aromatic heterocycles. The van der Waals surface area contributed by atoms with Crippen LogP contribution in [0.5, 0.6) is 0 Å². The van der Waals surface area contributed by atoms with Crippen molar-refractivity contribution in [2.75, 3.05) is 46.3 Å². The van der Waals surface area contributed by atoms with E-state index in [1.165, 1.54) is 0 Å². The first-order valence-electron chi connectivity index (χ1n) is 6.03. The molecule has 0 atom stereocenters. The minimum Gasteiger partial charge on any atom is -0.324 e. The van der Waals surface area contributed by atoms with Gasteiger partial charge in [0.1, 0.15) is 6.17 Å². The Morgan fingerprint density at radius 1 is 1.00 bits per heavy atom. The summed E-state index contributed by atoms with van der Waals surface area (Å²) in [6.45, 7) is 4.62. The lowest BCUT2D eigenvalue weighted by Gasteiger charge is -2.37. The Labute approximate surface area is 96.0 Å². The Morgan fingerprint density at radius 3 is 2.06 bits per heavy atom. The Morgan fingerprint density at radius 2 is 1.50 bits per heavy atom. The van der Waals surface area contributed by atoms with Gasteiger partial charge in [-0.15, -0.1) is 0 Å². The summed E-state index contributed by atoms with van der Waals surface area (Å²) in [4.78, 5) is 18.0. The van der Waals surface area contributed by atoms with Crippen LogP contribution in [-0.4, -0.2) is 73.2 Å². The first kappa shape index (κ1) is 11.6. The van der Waals surface area contributed by atoms with E-state index in [9.17, 15) is 9.18 Å². The molecule has 2 fully saturated rings. The smallest absolute Gasteiger partial charge is 0.320 e. The van der Waals surface area contributed by atoms with Gasteiger partial charge in [-0.25, -0.2) is 9.18 Å². The summed E-state index contributed by atoms with van der Waals surface area (Å²) < 4.78 is 13.0. The standard InChI is InChI=1S/C11H20FN3O/c1-13-6-8-15(9-7-13)11(16)14-4-2-10(12)3-5-14/h10H,2-9H2,1H3. The Kier molecular flexibility index (Phi) is 3.63. The van der Waals surface area contributed by atoms with Crippen LogP contribution < -0.4 is 0 Å². The molecule has 0 radical (unpaired) electrons. The monoisotopic (exact) mass is 229 g/mol. The topological polar surface area (TPSA) is 26.8 Å². The first-order valence-corrected chi connectivity index (χ1v) is 6.03. The summed E-state index contributed by atoms with van der Waals surface area (Å²) in [7, 11) is 2.07. The van der Waals surface area contributed by atoms with Crippen LogP contribution in [0, 0.1) is 0 Å². The first-order chi connectivity index (χ1) is 7.66. The number of rotatable bonds is 0. The van der Waals surface area contributed by atoms with E-state index in [4.69, 9.17) is 0 Å². The second kappa shape index (κ2) is 4.99. The summed E-state index contributed by atoms with van der Waals surface area (Å²) in [6.07, 6.45) is 0.287. The van der Waals surface area contributed by atoms with Gasteiger partial charge in [0.15, 0.2) is 0 Å². The highest BCUT2D eigenvalue weighted by Crippen LogP contribution is 2.15. The number of amides is 2. The fourth-order valence-corrected chi connectivity index (χ4v) is 2.24. The molecule has 0 unspecified atom stereocenters. The molecule has 0 bridgehead atoms. The van der Waals surface area contributed by atoms with Gasteiger partial charge in [0.25, 0.3) is 0 Å². The van der Waals surface area contributed by atoms with Crippen LogP contribution in [0.4, 0.5) is 9.18 Å². The molecule has 2 heterocycles. The van der Waals surface area contributed by atoms with Gasteiger partial charge in [0.2, 0.25) is 0 Å². The molecule has 16 heavy (non-hydrogen) atoms. The number of nitrogens with zero attached hydrogens (tertiary/aromatic N) is 3. The summed E-state index contributed by atoms with van der Waals surface area (Å²) >= 11 is 0. The molecule has 2 amide bonds. The van der Waals surface area contributed by atoms with Gasteiger partial charge in [0, 0.05) is 39.3 Å². The SMILES string of the molecule is CN1CCN(C(=O)N2CCC(F)CC2)CC1. The zero-order chi connectivity index (χ0) is 11.5. The van der Waals surface area contributed by atoms with Crippen LogP contribution in [0.25, 0.3) is 0 Å². The average Bonchev–Trinajstić information content (AvgIpc) is 2.30. The molecule has 2 aliphatic rings. The summed E-state index contributed by atoms with van der Waals surface area (Å²) in [5, 5.41) is 0. The van der Waals surface area contributed by atoms with E-state index < -0.39 is 6.17 Å². The lowest BCUT2D eigenvalue weighted by atomic mass is 10.1. The number of alkyl halides is 1. The van der Waals surface area contributed by atoms with Crippen molar-refractivity contribution < 1.29 is 9.18 Å². The van der Waals surface area contributed by atoms with E-state index in [0.29, 0.717) is 25.9 Å². The molecule has 5 heteroatoms. The number of hydrogen-bond donors (Lipinski definition) is 0. The average molecular weight is 229 g/mol. The number of likely N-dealkylation sites (tertiary alicyclic amines) is 1. The molecular weight excluding hydrogens is 209 g/mol. The van der Waals surface area contributed by atoms with Gasteiger partial charge in [0.05, 0.1) is 0 Å². The second-order valence-electron chi connectivity index (χ2n) is 4.73. The number of urea groups is 1. The highest BCUT2D eigenvalue weighted by atomic mass is 19.1. The number of piperazine rings is 1. The molecule has 0 aromatic carbocycles. The fraction of sp³-hybridized carbons (Fsp3) is 0.909. The van der Waals surface area contributed by atoms with Crippen LogP contribution in [0.15, 0.2) is 0 Å². The molecule has 2 saturated heterocycles. The summed E-state index contributed by atoms with van der Waals surface area (Å²) in [5.74, 6) is 0. The maximum Gasteiger partial charge on any atom is 0.320 e. The third kappa shape index (κ3) is 2.64. The van der Waals surface area contributed by atoms with Crippen molar-refractivity contribution in [2.24, 2.45) is 0 Å². The lowest BCUT2D eigenvalue weighted by Crippen LogP contribution is -2.53. The number of likely N-dealkylation sites (N-methyl/N-ethyl adjacent to an activating group) is 1. The van der Waals surface area contributed by atoms with Gasteiger partial charge in [-0.3, -0.25) is 0 Å². The minimum absolute atomic E-state index is 0.0972. The summed E-state index contributed by atoms with van der Waals surface area (Å²) in [5.41, 5.74) is 0. The second-order valence-corrected chi connectivity index (χ2v) is 4.73. The van der Waals surface area contributed by atoms with E-state index in [1.807, 2.05) is 4.90 Å². The van der Waals surface area contributed by atoms with Crippen LogP contribution in [-0.2, 0) is 0 Å². The number of halogens is 1. The van der Waals surface area contributed by atoms with Crippen molar-refractivity contribution in [1.29, 1.82) is 0 Å². The van der Waals surface area contributed by atoms with E-state index in [-0.39, 0.29) is 6.03 Å². The zero-order valence-corrected chi connectivity index (χ0v) is 9.86. The van der Waals surface area contributed by atoms with Crippen molar-refractivity contribution in [3.05, 3.63) is 0 Å². The van der Waals surface area contributed by atoms with Crippen LogP contribution in [0.3, 0.4) is 0 Å². The van der Waals surface area contributed by atoms with Crippen molar-refractivity contribution in [1.82, 2.24) is 14.7 Å². The maximum atomic E-state index is 13.0. The van der Waals surface area contributed by atoms with Crippen molar-refractivity contribution >= 4 is 6.03 Å². The Bertz CT molecular complexity index is 222. The molecular formula is C11H20FN3O. The molecule has 0 spiro atoms. The lowest BCUT2D eigenvalue weighted by molar-refractivity contribution is 0.102. The minimum atomic E-state index is -0.712. The van der Waals surface area contributed by atoms with E-state index in [0.717, 1.165) is 26.2 Å². The molecule has 0 aromatic rings. The number of carbonyl (C=O) groups is 1. The number of carbonyl (C=O) groups excluding carboxylic acids is 1. The van der Waals surface area contributed by atoms with E-state index in [2.05, 4.69) is 11.9 Å². The molecule has 4 nitrogen and oxygen atoms in total. The van der Waals surface area contributed by atoms with Crippen molar-refractivity contribution in [2.45, 2.75) is 19.0 Å². The third-order valence-electron chi connectivity index (χ3n) is 3.47. The fourth-order valence-electron chi connectivity index (χ4n) is 2.24. The molecule has 92 valence electrons. The van der Waals surface area contributed by atoms with E-state index >= 15 is 0 Å². The third-order valence-corrected chi connectivity index (χ3v) is 3.47. The normalized spacial score (nSPS) is 24.9. The van der Waals surface area contributed by atoms with Gasteiger partial charge in [-0.1, -0.05) is 0 Å². The van der Waals surface area contributed by atoms with Crippen molar-refractivity contribution in [3.63, 3.8) is 0 Å². The van der Waals surface area contributed by atoms with Gasteiger partial charge < -0.3 is 14.7 Å². The molecule has 0 N–H and O–H groups in total. The molecule has 0 saturated carbocycles. The highest BCUT2D eigenvalue weighted by molar-refractivity contribution is 5.74. The zero-order valence-electron chi connectivity index (χ0n) is 9.86. The maximum absolute atomic E-state index is 13.0. The summed E-state index contributed by atoms with van der Waals surface area (Å²) in [6, 6.07) is 0.0972. The van der Waals surface area contributed by atoms with Crippen LogP contribution >= 0.6 is 0 Å². The molecule has 0 aliphatic carbocycles. The predicted molar refractivity (Wildman–Crippen MR) is 60.2 cm³/mol. The predicted octanol–water partition coefficient (Wildman–Crippen LogP) is 0.788. The largest absolute Gasteiger partial charge is 0.324 e. The molecule has 2 aliphatic heterocycles.